The second kappa shape index (κ2) is 5.48. The number of nitrogens with zero attached hydrogens (tertiary/aromatic N) is 3. The van der Waals surface area contributed by atoms with E-state index in [1.807, 2.05) is 28.8 Å². The van der Waals surface area contributed by atoms with Crippen LogP contribution in [-0.2, 0) is 0 Å². The monoisotopic (exact) mass is 246 g/mol. The number of rotatable bonds is 5. The zero-order valence-electron chi connectivity index (χ0n) is 11.6. The lowest BCUT2D eigenvalue weighted by molar-refractivity contribution is 0.397. The molecule has 2 aromatic rings. The van der Waals surface area contributed by atoms with Gasteiger partial charge >= 0.3 is 0 Å². The molecule has 2 rings (SSSR count). The maximum absolute atomic E-state index is 4.28. The Morgan fingerprint density at radius 2 is 1.94 bits per heavy atom. The summed E-state index contributed by atoms with van der Waals surface area (Å²) in [6.07, 6.45) is 3.18. The Kier molecular flexibility index (Phi) is 3.97. The highest BCUT2D eigenvalue weighted by Gasteiger charge is 2.15. The third kappa shape index (κ3) is 2.88. The van der Waals surface area contributed by atoms with E-state index in [4.69, 9.17) is 0 Å². The summed E-state index contributed by atoms with van der Waals surface area (Å²) < 4.78 is 2.04. The number of nitrogens with one attached hydrogen (secondary N) is 1. The van der Waals surface area contributed by atoms with E-state index in [1.165, 1.54) is 6.42 Å². The van der Waals surface area contributed by atoms with Gasteiger partial charge in [0.2, 0.25) is 0 Å². The molecule has 0 spiro atoms. The van der Waals surface area contributed by atoms with Crippen molar-refractivity contribution in [2.45, 2.75) is 46.2 Å². The molecule has 98 valence electrons. The highest BCUT2D eigenvalue weighted by molar-refractivity contribution is 5.37. The lowest BCUT2D eigenvalue weighted by atomic mass is 10.0. The van der Waals surface area contributed by atoms with Crippen molar-refractivity contribution in [1.82, 2.24) is 19.9 Å². The predicted octanol–water partition coefficient (Wildman–Crippen LogP) is 2.81. The molecule has 0 fully saturated rings. The van der Waals surface area contributed by atoms with Crippen LogP contribution in [0.5, 0.6) is 0 Å². The van der Waals surface area contributed by atoms with Gasteiger partial charge in [-0.1, -0.05) is 19.9 Å². The van der Waals surface area contributed by atoms with E-state index >= 15 is 0 Å². The van der Waals surface area contributed by atoms with Crippen LogP contribution in [0.3, 0.4) is 0 Å². The van der Waals surface area contributed by atoms with Gasteiger partial charge in [-0.05, 0) is 38.3 Å². The molecule has 2 heterocycles. The Balaban J connectivity index is 2.11. The quantitative estimate of drug-likeness (QED) is 0.882. The van der Waals surface area contributed by atoms with Crippen molar-refractivity contribution < 1.29 is 0 Å². The summed E-state index contributed by atoms with van der Waals surface area (Å²) in [5.41, 5.74) is 0.901. The summed E-state index contributed by atoms with van der Waals surface area (Å²) >= 11 is 0. The molecule has 0 amide bonds. The number of pyridine rings is 1. The van der Waals surface area contributed by atoms with Crippen LogP contribution in [0.2, 0.25) is 0 Å². The van der Waals surface area contributed by atoms with Crippen molar-refractivity contribution in [3.8, 4) is 0 Å². The molecule has 4 heteroatoms. The van der Waals surface area contributed by atoms with Crippen LogP contribution in [-0.4, -0.2) is 20.6 Å². The molecule has 0 aromatic carbocycles. The van der Waals surface area contributed by atoms with Gasteiger partial charge in [-0.25, -0.2) is 0 Å². The van der Waals surface area contributed by atoms with Crippen LogP contribution < -0.4 is 5.32 Å². The SMILES string of the molecule is CC(C)CC(C)NC(C)c1nnc2ccccn12. The number of fused-ring (bicyclic) bond motifs is 1. The molecule has 0 radical (unpaired) electrons. The number of hydrogen-bond acceptors (Lipinski definition) is 3. The van der Waals surface area contributed by atoms with Crippen LogP contribution in [0, 0.1) is 5.92 Å². The van der Waals surface area contributed by atoms with Crippen LogP contribution in [0.1, 0.15) is 46.0 Å². The molecule has 0 aliphatic carbocycles. The maximum atomic E-state index is 4.28. The topological polar surface area (TPSA) is 42.2 Å². The summed E-state index contributed by atoms with van der Waals surface area (Å²) in [5.74, 6) is 1.68. The molecular weight excluding hydrogens is 224 g/mol. The van der Waals surface area contributed by atoms with Gasteiger partial charge in [0.1, 0.15) is 0 Å². The van der Waals surface area contributed by atoms with Crippen molar-refractivity contribution in [1.29, 1.82) is 0 Å². The molecule has 1 N–H and O–H groups in total. The summed E-state index contributed by atoms with van der Waals surface area (Å²) in [7, 11) is 0. The molecule has 4 nitrogen and oxygen atoms in total. The Morgan fingerprint density at radius 1 is 1.17 bits per heavy atom. The molecule has 2 unspecified atom stereocenters. The van der Waals surface area contributed by atoms with Crippen molar-refractivity contribution in [2.24, 2.45) is 5.92 Å². The predicted molar refractivity (Wildman–Crippen MR) is 73.5 cm³/mol. The summed E-state index contributed by atoms with van der Waals surface area (Å²) in [6.45, 7) is 8.85. The van der Waals surface area contributed by atoms with Gasteiger partial charge < -0.3 is 5.32 Å². The molecular formula is C14H22N4. The Bertz CT molecular complexity index is 503. The maximum Gasteiger partial charge on any atom is 0.160 e. The van der Waals surface area contributed by atoms with Gasteiger partial charge in [0.25, 0.3) is 0 Å². The molecule has 0 aliphatic rings. The largest absolute Gasteiger partial charge is 0.305 e. The summed E-state index contributed by atoms with van der Waals surface area (Å²) in [5, 5.41) is 12.0. The first-order valence-electron chi connectivity index (χ1n) is 6.63. The van der Waals surface area contributed by atoms with E-state index in [0.717, 1.165) is 11.5 Å². The van der Waals surface area contributed by atoms with Crippen LogP contribution in [0.15, 0.2) is 24.4 Å². The zero-order chi connectivity index (χ0) is 13.1. The second-order valence-corrected chi connectivity index (χ2v) is 5.41. The van der Waals surface area contributed by atoms with E-state index < -0.39 is 0 Å². The molecule has 18 heavy (non-hydrogen) atoms. The van der Waals surface area contributed by atoms with Gasteiger partial charge in [-0.3, -0.25) is 4.40 Å². The highest BCUT2D eigenvalue weighted by atomic mass is 15.3. The molecule has 0 saturated carbocycles. The second-order valence-electron chi connectivity index (χ2n) is 5.41. The Labute approximate surface area is 108 Å². The standard InChI is InChI=1S/C14H22N4/c1-10(2)9-11(3)15-12(4)14-17-16-13-7-5-6-8-18(13)14/h5-8,10-12,15H,9H2,1-4H3. The highest BCUT2D eigenvalue weighted by Crippen LogP contribution is 2.14. The molecule has 0 aliphatic heterocycles. The van der Waals surface area contributed by atoms with E-state index in [9.17, 15) is 0 Å². The third-order valence-corrected chi connectivity index (χ3v) is 3.09. The minimum atomic E-state index is 0.205. The average Bonchev–Trinajstić information content (AvgIpc) is 2.71. The molecule has 0 bridgehead atoms. The van der Waals surface area contributed by atoms with Crippen molar-refractivity contribution in [3.63, 3.8) is 0 Å². The van der Waals surface area contributed by atoms with E-state index in [1.54, 1.807) is 0 Å². The lowest BCUT2D eigenvalue weighted by Gasteiger charge is -2.20. The number of hydrogen-bond donors (Lipinski definition) is 1. The van der Waals surface area contributed by atoms with E-state index in [2.05, 4.69) is 43.2 Å². The average molecular weight is 246 g/mol. The minimum absolute atomic E-state index is 0.205. The first kappa shape index (κ1) is 13.0. The van der Waals surface area contributed by atoms with Gasteiger partial charge in [0, 0.05) is 12.2 Å². The Morgan fingerprint density at radius 3 is 2.67 bits per heavy atom. The summed E-state index contributed by atoms with van der Waals surface area (Å²) in [4.78, 5) is 0. The molecule has 2 atom stereocenters. The fourth-order valence-electron chi connectivity index (χ4n) is 2.43. The normalized spacial score (nSPS) is 15.2. The molecule has 2 aromatic heterocycles. The third-order valence-electron chi connectivity index (χ3n) is 3.09. The lowest BCUT2D eigenvalue weighted by Crippen LogP contribution is -2.31. The van der Waals surface area contributed by atoms with Gasteiger partial charge in [-0.2, -0.15) is 0 Å². The van der Waals surface area contributed by atoms with Crippen LogP contribution >= 0.6 is 0 Å². The van der Waals surface area contributed by atoms with Gasteiger partial charge in [0.05, 0.1) is 6.04 Å². The van der Waals surface area contributed by atoms with Crippen molar-refractivity contribution >= 4 is 5.65 Å². The molecule has 0 saturated heterocycles. The fourth-order valence-corrected chi connectivity index (χ4v) is 2.43. The van der Waals surface area contributed by atoms with Crippen LogP contribution in [0.4, 0.5) is 0 Å². The van der Waals surface area contributed by atoms with Crippen molar-refractivity contribution in [3.05, 3.63) is 30.2 Å². The van der Waals surface area contributed by atoms with Crippen molar-refractivity contribution in [2.75, 3.05) is 0 Å². The number of aromatic nitrogens is 3. The first-order valence-corrected chi connectivity index (χ1v) is 6.63. The van der Waals surface area contributed by atoms with Gasteiger partial charge in [0.15, 0.2) is 11.5 Å². The fraction of sp³-hybridized carbons (Fsp3) is 0.571. The smallest absolute Gasteiger partial charge is 0.160 e. The zero-order valence-corrected chi connectivity index (χ0v) is 11.6. The van der Waals surface area contributed by atoms with Gasteiger partial charge in [-0.15, -0.1) is 10.2 Å². The summed E-state index contributed by atoms with van der Waals surface area (Å²) in [6, 6.07) is 6.64. The van der Waals surface area contributed by atoms with E-state index in [0.29, 0.717) is 12.0 Å². The van der Waals surface area contributed by atoms with E-state index in [-0.39, 0.29) is 6.04 Å². The minimum Gasteiger partial charge on any atom is -0.305 e. The Hall–Kier alpha value is -1.42. The first-order chi connectivity index (χ1) is 8.58. The van der Waals surface area contributed by atoms with Crippen LogP contribution in [0.25, 0.3) is 5.65 Å².